The average Bonchev–Trinajstić information content (AvgIpc) is 3.20. The average molecular weight is 750 g/mol. The third-order valence-corrected chi connectivity index (χ3v) is 7.22. The van der Waals surface area contributed by atoms with Crippen LogP contribution in [-0.2, 0) is 28.5 Å². The van der Waals surface area contributed by atoms with E-state index >= 15 is 0 Å². The van der Waals surface area contributed by atoms with Gasteiger partial charge in [0.15, 0.2) is 0 Å². The largest absolute Gasteiger partial charge is 0.460 e. The Bertz CT molecular complexity index is 2050. The standard InChI is InChI=1S/C38H35N7O10/c1-3-32(48)52-19-29(46)21-54-34(50)23-9-13-26(14-10-23)40-36-43-37(45-38(44-36)42-28-17-25-7-5-6-8-31(25)39-18-28)41-27-15-11-24(12-16-27)35(51)55-22-30(47)20-53-33(49)4-2/h3-18,29-30,46-47H,1-2,19-22H2,(H3,40,41,42,43,44,45). The molecule has 2 aromatic heterocycles. The van der Waals surface area contributed by atoms with Gasteiger partial charge in [-0.05, 0) is 60.7 Å². The molecule has 0 aliphatic carbocycles. The lowest BCUT2D eigenvalue weighted by atomic mass is 10.2. The monoisotopic (exact) mass is 749 g/mol. The van der Waals surface area contributed by atoms with E-state index in [9.17, 15) is 29.4 Å². The number of hydrogen-bond donors (Lipinski definition) is 5. The van der Waals surface area contributed by atoms with Crippen LogP contribution in [0.25, 0.3) is 10.9 Å². The van der Waals surface area contributed by atoms with Crippen molar-refractivity contribution in [2.75, 3.05) is 42.4 Å². The minimum atomic E-state index is -1.21. The second-order valence-electron chi connectivity index (χ2n) is 11.4. The molecule has 5 N–H and O–H groups in total. The molecule has 0 saturated carbocycles. The van der Waals surface area contributed by atoms with Crippen molar-refractivity contribution < 1.29 is 48.3 Å². The molecule has 0 spiro atoms. The van der Waals surface area contributed by atoms with Crippen LogP contribution in [0.1, 0.15) is 20.7 Å². The molecule has 17 heteroatoms. The van der Waals surface area contributed by atoms with Gasteiger partial charge in [0, 0.05) is 28.9 Å². The number of esters is 4. The summed E-state index contributed by atoms with van der Waals surface area (Å²) in [5.74, 6) is -2.42. The van der Waals surface area contributed by atoms with E-state index in [2.05, 4.69) is 49.0 Å². The van der Waals surface area contributed by atoms with Gasteiger partial charge in [-0.3, -0.25) is 4.98 Å². The van der Waals surface area contributed by atoms with E-state index in [0.29, 0.717) is 17.1 Å². The number of ether oxygens (including phenoxy) is 4. The van der Waals surface area contributed by atoms with Crippen molar-refractivity contribution >= 4 is 69.7 Å². The van der Waals surface area contributed by atoms with E-state index in [4.69, 9.17) is 18.9 Å². The minimum absolute atomic E-state index is 0.124. The first-order valence-electron chi connectivity index (χ1n) is 16.5. The van der Waals surface area contributed by atoms with Crippen LogP contribution >= 0.6 is 0 Å². The molecule has 0 aliphatic rings. The van der Waals surface area contributed by atoms with Crippen molar-refractivity contribution in [1.82, 2.24) is 19.9 Å². The topological polar surface area (TPSA) is 233 Å². The number of fused-ring (bicyclic) bond motifs is 1. The molecule has 5 aromatic rings. The van der Waals surface area contributed by atoms with Crippen molar-refractivity contribution in [1.29, 1.82) is 0 Å². The highest BCUT2D eigenvalue weighted by molar-refractivity contribution is 5.90. The number of aliphatic hydroxyl groups excluding tert-OH is 2. The van der Waals surface area contributed by atoms with Crippen molar-refractivity contribution in [3.05, 3.63) is 121 Å². The number of anilines is 6. The number of carbonyl (C=O) groups excluding carboxylic acids is 4. The van der Waals surface area contributed by atoms with Gasteiger partial charge >= 0.3 is 23.9 Å². The Balaban J connectivity index is 1.27. The maximum Gasteiger partial charge on any atom is 0.338 e. The van der Waals surface area contributed by atoms with Gasteiger partial charge in [-0.2, -0.15) is 15.0 Å². The maximum absolute atomic E-state index is 12.5. The Morgan fingerprint density at radius 3 is 1.47 bits per heavy atom. The van der Waals surface area contributed by atoms with Gasteiger partial charge in [0.1, 0.15) is 38.6 Å². The molecule has 0 bridgehead atoms. The normalized spacial score (nSPS) is 11.7. The smallest absolute Gasteiger partial charge is 0.338 e. The number of pyridine rings is 1. The molecular formula is C38H35N7O10. The highest BCUT2D eigenvalue weighted by atomic mass is 16.6. The molecule has 0 amide bonds. The number of aliphatic hydroxyl groups is 2. The number of aromatic nitrogens is 4. The first kappa shape index (κ1) is 39.0. The minimum Gasteiger partial charge on any atom is -0.460 e. The van der Waals surface area contributed by atoms with E-state index in [1.54, 1.807) is 30.5 Å². The number of benzene rings is 3. The number of para-hydroxylation sites is 1. The van der Waals surface area contributed by atoms with Gasteiger partial charge in [-0.1, -0.05) is 31.4 Å². The molecule has 0 saturated heterocycles. The van der Waals surface area contributed by atoms with Gasteiger partial charge in [-0.25, -0.2) is 19.2 Å². The molecule has 5 rings (SSSR count). The van der Waals surface area contributed by atoms with Crippen LogP contribution in [0.15, 0.2) is 110 Å². The molecular weight excluding hydrogens is 714 g/mol. The first-order valence-corrected chi connectivity index (χ1v) is 16.5. The number of rotatable bonds is 18. The maximum atomic E-state index is 12.5. The van der Waals surface area contributed by atoms with Crippen LogP contribution in [0.4, 0.5) is 34.9 Å². The number of carbonyl (C=O) groups is 4. The van der Waals surface area contributed by atoms with Crippen molar-refractivity contribution in [2.24, 2.45) is 0 Å². The van der Waals surface area contributed by atoms with E-state index in [-0.39, 0.29) is 55.4 Å². The zero-order chi connectivity index (χ0) is 39.2. The Hall–Kier alpha value is -7.24. The zero-order valence-corrected chi connectivity index (χ0v) is 29.1. The predicted molar refractivity (Wildman–Crippen MR) is 199 cm³/mol. The van der Waals surface area contributed by atoms with Crippen molar-refractivity contribution in [3.8, 4) is 0 Å². The second-order valence-corrected chi connectivity index (χ2v) is 11.4. The summed E-state index contributed by atoms with van der Waals surface area (Å²) in [6.07, 6.45) is 1.13. The SMILES string of the molecule is C=CC(=O)OCC(O)COC(=O)c1ccc(Nc2nc(Nc3ccc(C(=O)OCC(O)COC(=O)C=C)cc3)nc(Nc3cnc4ccccc4c3)n2)cc1. The van der Waals surface area contributed by atoms with Gasteiger partial charge in [0.2, 0.25) is 17.8 Å². The molecule has 2 heterocycles. The van der Waals surface area contributed by atoms with Crippen LogP contribution < -0.4 is 16.0 Å². The molecule has 55 heavy (non-hydrogen) atoms. The summed E-state index contributed by atoms with van der Waals surface area (Å²) >= 11 is 0. The zero-order valence-electron chi connectivity index (χ0n) is 29.1. The summed E-state index contributed by atoms with van der Waals surface area (Å²) < 4.78 is 19.7. The highest BCUT2D eigenvalue weighted by Crippen LogP contribution is 2.23. The molecule has 17 nitrogen and oxygen atoms in total. The van der Waals surface area contributed by atoms with E-state index < -0.39 is 36.1 Å². The fraction of sp³-hybridized carbons (Fsp3) is 0.158. The van der Waals surface area contributed by atoms with E-state index in [0.717, 1.165) is 23.1 Å². The fourth-order valence-electron chi connectivity index (χ4n) is 4.53. The molecule has 0 aliphatic heterocycles. The van der Waals surface area contributed by atoms with E-state index in [1.807, 2.05) is 30.3 Å². The summed E-state index contributed by atoms with van der Waals surface area (Å²) in [5.41, 5.74) is 2.83. The lowest BCUT2D eigenvalue weighted by Crippen LogP contribution is -2.25. The third kappa shape index (κ3) is 11.9. The lowest BCUT2D eigenvalue weighted by molar-refractivity contribution is -0.142. The Labute approximate surface area is 313 Å². The number of nitrogens with one attached hydrogen (secondary N) is 3. The molecule has 0 fully saturated rings. The van der Waals surface area contributed by atoms with Crippen LogP contribution in [0, 0.1) is 0 Å². The van der Waals surface area contributed by atoms with Gasteiger partial charge in [-0.15, -0.1) is 0 Å². The number of nitrogens with zero attached hydrogens (tertiary/aromatic N) is 4. The van der Waals surface area contributed by atoms with Crippen LogP contribution in [0.2, 0.25) is 0 Å². The Kier molecular flexibility index (Phi) is 13.5. The molecule has 282 valence electrons. The highest BCUT2D eigenvalue weighted by Gasteiger charge is 2.15. The van der Waals surface area contributed by atoms with Crippen LogP contribution in [0.3, 0.4) is 0 Å². The summed E-state index contributed by atoms with van der Waals surface area (Å²) in [6.45, 7) is 5.04. The van der Waals surface area contributed by atoms with E-state index in [1.165, 1.54) is 24.3 Å². The first-order chi connectivity index (χ1) is 26.6. The fourth-order valence-corrected chi connectivity index (χ4v) is 4.53. The van der Waals surface area contributed by atoms with Crippen molar-refractivity contribution in [3.63, 3.8) is 0 Å². The van der Waals surface area contributed by atoms with Gasteiger partial charge in [0.25, 0.3) is 0 Å². The third-order valence-electron chi connectivity index (χ3n) is 7.22. The van der Waals surface area contributed by atoms with Crippen molar-refractivity contribution in [2.45, 2.75) is 12.2 Å². The molecule has 0 radical (unpaired) electrons. The molecule has 3 aromatic carbocycles. The molecule has 2 unspecified atom stereocenters. The summed E-state index contributed by atoms with van der Waals surface area (Å²) in [6, 6.07) is 21.9. The van der Waals surface area contributed by atoms with Crippen LogP contribution in [0.5, 0.6) is 0 Å². The summed E-state index contributed by atoms with van der Waals surface area (Å²) in [7, 11) is 0. The van der Waals surface area contributed by atoms with Crippen LogP contribution in [-0.4, -0.2) is 92.7 Å². The van der Waals surface area contributed by atoms with Gasteiger partial charge in [0.05, 0.1) is 28.5 Å². The second kappa shape index (κ2) is 19.0. The number of hydrogen-bond acceptors (Lipinski definition) is 17. The summed E-state index contributed by atoms with van der Waals surface area (Å²) in [4.78, 5) is 65.3. The Morgan fingerprint density at radius 1 is 0.600 bits per heavy atom. The Morgan fingerprint density at radius 2 is 1.02 bits per heavy atom. The quantitative estimate of drug-likeness (QED) is 0.0481. The van der Waals surface area contributed by atoms with Gasteiger partial charge < -0.3 is 45.1 Å². The predicted octanol–water partition coefficient (Wildman–Crippen LogP) is 4.14. The molecule has 2 atom stereocenters. The summed E-state index contributed by atoms with van der Waals surface area (Å²) in [5, 5.41) is 30.0. The lowest BCUT2D eigenvalue weighted by Gasteiger charge is -2.13.